The first-order valence-corrected chi connectivity index (χ1v) is 7.91. The third kappa shape index (κ3) is 5.72. The van der Waals surface area contributed by atoms with E-state index in [4.69, 9.17) is 9.47 Å². The zero-order valence-corrected chi connectivity index (χ0v) is 13.6. The maximum Gasteiger partial charge on any atom is 0.336 e. The molecule has 0 unspecified atom stereocenters. The predicted molar refractivity (Wildman–Crippen MR) is 92.5 cm³/mol. The molecule has 0 heterocycles. The van der Waals surface area contributed by atoms with Gasteiger partial charge in [-0.2, -0.15) is 0 Å². The zero-order chi connectivity index (χ0) is 17.2. The Bertz CT molecular complexity index is 687. The topological polar surface area (TPSA) is 52.6 Å². The van der Waals surface area contributed by atoms with Gasteiger partial charge in [0.15, 0.2) is 0 Å². The SMILES string of the molecule is CCCCOC(=O)/C=C/C(=O)Oc1ccc(-c2ccccc2)cc1. The van der Waals surface area contributed by atoms with Crippen molar-refractivity contribution in [3.8, 4) is 16.9 Å². The number of hydrogen-bond acceptors (Lipinski definition) is 4. The summed E-state index contributed by atoms with van der Waals surface area (Å²) in [7, 11) is 0. The highest BCUT2D eigenvalue weighted by Crippen LogP contribution is 2.22. The minimum absolute atomic E-state index is 0.357. The lowest BCUT2D eigenvalue weighted by atomic mass is 10.1. The van der Waals surface area contributed by atoms with Crippen LogP contribution in [0.5, 0.6) is 5.75 Å². The van der Waals surface area contributed by atoms with Crippen molar-refractivity contribution in [2.45, 2.75) is 19.8 Å². The van der Waals surface area contributed by atoms with Crippen LogP contribution in [0.3, 0.4) is 0 Å². The fourth-order valence-electron chi connectivity index (χ4n) is 2.00. The van der Waals surface area contributed by atoms with Gasteiger partial charge in [-0.15, -0.1) is 0 Å². The van der Waals surface area contributed by atoms with Crippen LogP contribution in [0.1, 0.15) is 19.8 Å². The van der Waals surface area contributed by atoms with E-state index in [2.05, 4.69) is 0 Å². The molecular formula is C20H20O4. The first-order chi connectivity index (χ1) is 11.7. The molecule has 0 fully saturated rings. The van der Waals surface area contributed by atoms with Crippen LogP contribution >= 0.6 is 0 Å². The van der Waals surface area contributed by atoms with Gasteiger partial charge in [-0.1, -0.05) is 55.8 Å². The highest BCUT2D eigenvalue weighted by molar-refractivity contribution is 5.92. The van der Waals surface area contributed by atoms with Crippen LogP contribution in [0.4, 0.5) is 0 Å². The minimum atomic E-state index is -0.616. The molecule has 0 radical (unpaired) electrons. The molecule has 4 nitrogen and oxygen atoms in total. The Balaban J connectivity index is 1.87. The highest BCUT2D eigenvalue weighted by atomic mass is 16.5. The summed E-state index contributed by atoms with van der Waals surface area (Å²) in [6, 6.07) is 17.1. The second kappa shape index (κ2) is 9.30. The first kappa shape index (κ1) is 17.5. The quantitative estimate of drug-likeness (QED) is 0.332. The molecule has 124 valence electrons. The van der Waals surface area contributed by atoms with E-state index in [1.165, 1.54) is 0 Å². The number of esters is 2. The maximum absolute atomic E-state index is 11.7. The summed E-state index contributed by atoms with van der Waals surface area (Å²) in [5, 5.41) is 0. The van der Waals surface area contributed by atoms with Crippen LogP contribution in [0, 0.1) is 0 Å². The molecule has 4 heteroatoms. The lowest BCUT2D eigenvalue weighted by Gasteiger charge is -2.04. The number of ether oxygens (including phenoxy) is 2. The van der Waals surface area contributed by atoms with E-state index in [0.717, 1.165) is 36.1 Å². The van der Waals surface area contributed by atoms with Gasteiger partial charge in [0.1, 0.15) is 5.75 Å². The van der Waals surface area contributed by atoms with Crippen LogP contribution in [0.2, 0.25) is 0 Å². The fraction of sp³-hybridized carbons (Fsp3) is 0.200. The summed E-state index contributed by atoms with van der Waals surface area (Å²) < 4.78 is 10.1. The molecule has 0 aliphatic heterocycles. The molecule has 2 aromatic carbocycles. The smallest absolute Gasteiger partial charge is 0.336 e. The number of benzene rings is 2. The fourth-order valence-corrected chi connectivity index (χ4v) is 2.00. The number of hydrogen-bond donors (Lipinski definition) is 0. The molecule has 0 aliphatic carbocycles. The monoisotopic (exact) mass is 324 g/mol. The van der Waals surface area contributed by atoms with Crippen molar-refractivity contribution in [3.05, 3.63) is 66.7 Å². The van der Waals surface area contributed by atoms with Gasteiger partial charge >= 0.3 is 11.9 Å². The van der Waals surface area contributed by atoms with Gasteiger partial charge in [0.05, 0.1) is 6.61 Å². The van der Waals surface area contributed by atoms with E-state index in [1.807, 2.05) is 49.4 Å². The average Bonchev–Trinajstić information content (AvgIpc) is 2.62. The van der Waals surface area contributed by atoms with E-state index in [0.29, 0.717) is 12.4 Å². The van der Waals surface area contributed by atoms with Crippen molar-refractivity contribution >= 4 is 11.9 Å². The van der Waals surface area contributed by atoms with Crippen molar-refractivity contribution in [3.63, 3.8) is 0 Å². The molecule has 0 N–H and O–H groups in total. The standard InChI is InChI=1S/C20H20O4/c1-2-3-15-23-19(21)13-14-20(22)24-18-11-9-17(10-12-18)16-7-5-4-6-8-16/h4-14H,2-3,15H2,1H3/b14-13+. The molecule has 0 spiro atoms. The molecule has 2 rings (SSSR count). The molecule has 0 amide bonds. The van der Waals surface area contributed by atoms with Gasteiger partial charge in [-0.3, -0.25) is 0 Å². The van der Waals surface area contributed by atoms with Crippen LogP contribution < -0.4 is 4.74 Å². The summed E-state index contributed by atoms with van der Waals surface area (Å²) in [6.07, 6.45) is 3.89. The number of unbranched alkanes of at least 4 members (excludes halogenated alkanes) is 1. The average molecular weight is 324 g/mol. The lowest BCUT2D eigenvalue weighted by Crippen LogP contribution is -2.07. The van der Waals surface area contributed by atoms with Crippen molar-refractivity contribution in [2.75, 3.05) is 6.61 Å². The van der Waals surface area contributed by atoms with E-state index in [-0.39, 0.29) is 0 Å². The maximum atomic E-state index is 11.7. The molecule has 0 saturated heterocycles. The number of carbonyl (C=O) groups excluding carboxylic acids is 2. The summed E-state index contributed by atoms with van der Waals surface area (Å²) >= 11 is 0. The Labute approximate surface area is 141 Å². The lowest BCUT2D eigenvalue weighted by molar-refractivity contribution is -0.138. The van der Waals surface area contributed by atoms with Crippen LogP contribution in [0.15, 0.2) is 66.7 Å². The molecule has 0 saturated carbocycles. The second-order valence-corrected chi connectivity index (χ2v) is 5.17. The van der Waals surface area contributed by atoms with Gasteiger partial charge < -0.3 is 9.47 Å². The Morgan fingerprint density at radius 2 is 1.50 bits per heavy atom. The Hall–Kier alpha value is -2.88. The highest BCUT2D eigenvalue weighted by Gasteiger charge is 2.04. The van der Waals surface area contributed by atoms with Crippen LogP contribution in [0.25, 0.3) is 11.1 Å². The molecule has 0 bridgehead atoms. The summed E-state index contributed by atoms with van der Waals surface area (Å²) in [4.78, 5) is 23.0. The Morgan fingerprint density at radius 3 is 2.17 bits per heavy atom. The third-order valence-corrected chi connectivity index (χ3v) is 3.28. The zero-order valence-electron chi connectivity index (χ0n) is 13.6. The number of rotatable bonds is 7. The van der Waals surface area contributed by atoms with E-state index < -0.39 is 11.9 Å². The van der Waals surface area contributed by atoms with Gasteiger partial charge in [0.2, 0.25) is 0 Å². The van der Waals surface area contributed by atoms with Gasteiger partial charge in [0.25, 0.3) is 0 Å². The summed E-state index contributed by atoms with van der Waals surface area (Å²) in [5.74, 6) is -0.738. The molecule has 2 aromatic rings. The number of carbonyl (C=O) groups is 2. The van der Waals surface area contributed by atoms with Gasteiger partial charge in [-0.25, -0.2) is 9.59 Å². The van der Waals surface area contributed by atoms with Gasteiger partial charge in [-0.05, 0) is 29.7 Å². The first-order valence-electron chi connectivity index (χ1n) is 7.91. The largest absolute Gasteiger partial charge is 0.463 e. The Kier molecular flexibility index (Phi) is 6.77. The minimum Gasteiger partial charge on any atom is -0.463 e. The van der Waals surface area contributed by atoms with E-state index >= 15 is 0 Å². The summed E-state index contributed by atoms with van der Waals surface area (Å²) in [5.41, 5.74) is 2.12. The van der Waals surface area contributed by atoms with Crippen LogP contribution in [-0.4, -0.2) is 18.5 Å². The normalized spacial score (nSPS) is 10.5. The van der Waals surface area contributed by atoms with E-state index in [9.17, 15) is 9.59 Å². The van der Waals surface area contributed by atoms with Crippen molar-refractivity contribution < 1.29 is 19.1 Å². The van der Waals surface area contributed by atoms with E-state index in [1.54, 1.807) is 12.1 Å². The third-order valence-electron chi connectivity index (χ3n) is 3.28. The second-order valence-electron chi connectivity index (χ2n) is 5.17. The van der Waals surface area contributed by atoms with Crippen molar-refractivity contribution in [1.82, 2.24) is 0 Å². The predicted octanol–water partition coefficient (Wildman–Crippen LogP) is 4.16. The molecule has 24 heavy (non-hydrogen) atoms. The molecular weight excluding hydrogens is 304 g/mol. The van der Waals surface area contributed by atoms with Crippen LogP contribution in [-0.2, 0) is 14.3 Å². The summed E-state index contributed by atoms with van der Waals surface area (Å²) in [6.45, 7) is 2.36. The van der Waals surface area contributed by atoms with Crippen molar-refractivity contribution in [2.24, 2.45) is 0 Å². The molecule has 0 aromatic heterocycles. The van der Waals surface area contributed by atoms with Crippen molar-refractivity contribution in [1.29, 1.82) is 0 Å². The molecule has 0 atom stereocenters. The van der Waals surface area contributed by atoms with Gasteiger partial charge in [0, 0.05) is 12.2 Å². The Morgan fingerprint density at radius 1 is 0.875 bits per heavy atom. The molecule has 0 aliphatic rings.